The molecule has 1 aliphatic rings. The van der Waals surface area contributed by atoms with Crippen LogP contribution in [0.25, 0.3) is 0 Å². The van der Waals surface area contributed by atoms with E-state index < -0.39 is 0 Å². The second-order valence-corrected chi connectivity index (χ2v) is 7.16. The van der Waals surface area contributed by atoms with Crippen molar-refractivity contribution >= 4 is 5.91 Å². The number of aromatic nitrogens is 7. The highest BCUT2D eigenvalue weighted by atomic mass is 16.2. The van der Waals surface area contributed by atoms with Crippen molar-refractivity contribution in [2.75, 3.05) is 13.1 Å². The number of rotatable bonds is 5. The summed E-state index contributed by atoms with van der Waals surface area (Å²) in [6.07, 6.45) is 11.1. The summed E-state index contributed by atoms with van der Waals surface area (Å²) in [7, 11) is 1.99. The zero-order valence-electron chi connectivity index (χ0n) is 15.7. The molecule has 1 atom stereocenters. The van der Waals surface area contributed by atoms with E-state index in [1.807, 2.05) is 35.8 Å². The zero-order valence-corrected chi connectivity index (χ0v) is 15.7. The van der Waals surface area contributed by atoms with E-state index in [-0.39, 0.29) is 18.4 Å². The number of piperidine rings is 1. The summed E-state index contributed by atoms with van der Waals surface area (Å²) < 4.78 is 5.72. The summed E-state index contributed by atoms with van der Waals surface area (Å²) in [5.41, 5.74) is 1.06. The van der Waals surface area contributed by atoms with E-state index in [2.05, 4.69) is 24.8 Å². The molecule has 0 radical (unpaired) electrons. The normalized spacial score (nSPS) is 17.4. The van der Waals surface area contributed by atoms with Crippen molar-refractivity contribution in [3.8, 4) is 0 Å². The zero-order chi connectivity index (χ0) is 18.8. The maximum absolute atomic E-state index is 12.7. The van der Waals surface area contributed by atoms with Crippen molar-refractivity contribution in [2.24, 2.45) is 7.05 Å². The van der Waals surface area contributed by atoms with Gasteiger partial charge in [0.25, 0.3) is 0 Å². The van der Waals surface area contributed by atoms with Crippen molar-refractivity contribution in [3.05, 3.63) is 48.3 Å². The molecule has 27 heavy (non-hydrogen) atoms. The molecule has 1 aliphatic heterocycles. The third-order valence-electron chi connectivity index (χ3n) is 5.08. The van der Waals surface area contributed by atoms with Crippen LogP contribution in [-0.2, 0) is 24.9 Å². The van der Waals surface area contributed by atoms with Gasteiger partial charge in [-0.1, -0.05) is 0 Å². The predicted molar refractivity (Wildman–Crippen MR) is 97.9 cm³/mol. The number of carbonyl (C=O) groups is 1. The number of nitrogens with zero attached hydrogens (tertiary/aromatic N) is 8. The Morgan fingerprint density at radius 2 is 2.22 bits per heavy atom. The van der Waals surface area contributed by atoms with Crippen LogP contribution in [0.15, 0.2) is 31.1 Å². The Labute approximate surface area is 157 Å². The van der Waals surface area contributed by atoms with Crippen LogP contribution in [0.1, 0.15) is 36.0 Å². The van der Waals surface area contributed by atoms with Gasteiger partial charge in [0.1, 0.15) is 12.4 Å². The molecule has 0 unspecified atom stereocenters. The molecular weight excluding hydrogens is 344 g/mol. The molecule has 4 heterocycles. The molecule has 0 bridgehead atoms. The van der Waals surface area contributed by atoms with E-state index in [0.29, 0.717) is 13.1 Å². The molecule has 1 amide bonds. The lowest BCUT2D eigenvalue weighted by Gasteiger charge is -2.32. The molecule has 9 heteroatoms. The van der Waals surface area contributed by atoms with E-state index in [1.54, 1.807) is 23.4 Å². The van der Waals surface area contributed by atoms with Crippen molar-refractivity contribution in [1.29, 1.82) is 0 Å². The Bertz CT molecular complexity index is 910. The maximum atomic E-state index is 12.7. The monoisotopic (exact) mass is 368 g/mol. The molecular formula is C18H24N8O. The highest BCUT2D eigenvalue weighted by Crippen LogP contribution is 2.26. The largest absolute Gasteiger partial charge is 0.340 e. The Kier molecular flexibility index (Phi) is 4.74. The molecule has 0 aromatic carbocycles. The molecule has 1 fully saturated rings. The van der Waals surface area contributed by atoms with Crippen molar-refractivity contribution in [3.63, 3.8) is 0 Å². The van der Waals surface area contributed by atoms with Gasteiger partial charge in [-0.3, -0.25) is 9.48 Å². The van der Waals surface area contributed by atoms with Crippen LogP contribution in [0.4, 0.5) is 0 Å². The molecule has 0 N–H and O–H groups in total. The Balaban J connectivity index is 1.43. The summed E-state index contributed by atoms with van der Waals surface area (Å²) in [5, 5.41) is 13.0. The molecule has 3 aromatic rings. The standard InChI is InChI=1S/C18H24N8O/c1-14-8-20-26(9-14)12-17(27)25-6-3-4-15(10-25)18-22-21-16(23(18)2)11-24-7-5-19-13-24/h5,7-9,13,15H,3-4,6,10-12H2,1-2H3/t15-/m1/s1. The SMILES string of the molecule is Cc1cnn(CC(=O)N2CCC[C@@H](c3nnc(Cn4ccnc4)n3C)C2)c1. The highest BCUT2D eigenvalue weighted by Gasteiger charge is 2.28. The average Bonchev–Trinajstić information content (AvgIpc) is 3.39. The molecule has 1 saturated heterocycles. The van der Waals surface area contributed by atoms with Crippen LogP contribution in [0.2, 0.25) is 0 Å². The van der Waals surface area contributed by atoms with Gasteiger partial charge in [0.2, 0.25) is 5.91 Å². The van der Waals surface area contributed by atoms with Crippen LogP contribution >= 0.6 is 0 Å². The molecule has 0 spiro atoms. The van der Waals surface area contributed by atoms with Gasteiger partial charge >= 0.3 is 0 Å². The van der Waals surface area contributed by atoms with E-state index in [0.717, 1.165) is 36.6 Å². The summed E-state index contributed by atoms with van der Waals surface area (Å²) >= 11 is 0. The Morgan fingerprint density at radius 3 is 2.96 bits per heavy atom. The summed E-state index contributed by atoms with van der Waals surface area (Å²) in [5.74, 6) is 2.13. The number of carbonyl (C=O) groups excluding carboxylic acids is 1. The van der Waals surface area contributed by atoms with Gasteiger partial charge in [-0.25, -0.2) is 4.98 Å². The van der Waals surface area contributed by atoms with Gasteiger partial charge in [0, 0.05) is 44.6 Å². The first-order chi connectivity index (χ1) is 13.1. The smallest absolute Gasteiger partial charge is 0.244 e. The predicted octanol–water partition coefficient (Wildman–Crippen LogP) is 0.971. The van der Waals surface area contributed by atoms with Crippen LogP contribution in [0.5, 0.6) is 0 Å². The Morgan fingerprint density at radius 1 is 1.33 bits per heavy atom. The highest BCUT2D eigenvalue weighted by molar-refractivity contribution is 5.76. The second kappa shape index (κ2) is 7.34. The number of likely N-dealkylation sites (tertiary alicyclic amines) is 1. The fourth-order valence-corrected chi connectivity index (χ4v) is 3.62. The topological polar surface area (TPSA) is 86.7 Å². The fourth-order valence-electron chi connectivity index (χ4n) is 3.62. The summed E-state index contributed by atoms with van der Waals surface area (Å²) in [6.45, 7) is 4.36. The van der Waals surface area contributed by atoms with E-state index in [4.69, 9.17) is 0 Å². The third kappa shape index (κ3) is 3.76. The first-order valence-corrected chi connectivity index (χ1v) is 9.21. The van der Waals surface area contributed by atoms with Gasteiger partial charge in [-0.15, -0.1) is 10.2 Å². The lowest BCUT2D eigenvalue weighted by atomic mass is 9.97. The van der Waals surface area contributed by atoms with Crippen LogP contribution in [-0.4, -0.2) is 58.0 Å². The first-order valence-electron chi connectivity index (χ1n) is 9.21. The summed E-state index contributed by atoms with van der Waals surface area (Å²) in [6, 6.07) is 0. The van der Waals surface area contributed by atoms with Crippen molar-refractivity contribution < 1.29 is 4.79 Å². The van der Waals surface area contributed by atoms with Gasteiger partial charge in [0.05, 0.1) is 19.1 Å². The average molecular weight is 368 g/mol. The minimum atomic E-state index is 0.101. The van der Waals surface area contributed by atoms with Crippen molar-refractivity contribution in [2.45, 2.75) is 38.8 Å². The maximum Gasteiger partial charge on any atom is 0.244 e. The first kappa shape index (κ1) is 17.4. The molecule has 4 rings (SSSR count). The van der Waals surface area contributed by atoms with Crippen LogP contribution < -0.4 is 0 Å². The van der Waals surface area contributed by atoms with Crippen LogP contribution in [0.3, 0.4) is 0 Å². The lowest BCUT2D eigenvalue weighted by molar-refractivity contribution is -0.133. The number of aryl methyl sites for hydroxylation is 1. The molecule has 0 saturated carbocycles. The fraction of sp³-hybridized carbons (Fsp3) is 0.500. The minimum Gasteiger partial charge on any atom is -0.340 e. The second-order valence-electron chi connectivity index (χ2n) is 7.16. The Hall–Kier alpha value is -2.97. The van der Waals surface area contributed by atoms with Gasteiger partial charge < -0.3 is 14.0 Å². The van der Waals surface area contributed by atoms with Gasteiger partial charge in [0.15, 0.2) is 5.82 Å². The third-order valence-corrected chi connectivity index (χ3v) is 5.08. The van der Waals surface area contributed by atoms with E-state index >= 15 is 0 Å². The quantitative estimate of drug-likeness (QED) is 0.670. The molecule has 0 aliphatic carbocycles. The van der Waals surface area contributed by atoms with Crippen LogP contribution in [0, 0.1) is 6.92 Å². The molecule has 3 aromatic heterocycles. The number of amides is 1. The number of imidazole rings is 1. The number of hydrogen-bond acceptors (Lipinski definition) is 5. The van der Waals surface area contributed by atoms with E-state index in [9.17, 15) is 4.79 Å². The number of hydrogen-bond donors (Lipinski definition) is 0. The summed E-state index contributed by atoms with van der Waals surface area (Å²) in [4.78, 5) is 18.7. The van der Waals surface area contributed by atoms with Gasteiger partial charge in [-0.05, 0) is 25.3 Å². The van der Waals surface area contributed by atoms with E-state index in [1.165, 1.54) is 0 Å². The lowest BCUT2D eigenvalue weighted by Crippen LogP contribution is -2.41. The van der Waals surface area contributed by atoms with Crippen molar-refractivity contribution in [1.82, 2.24) is 39.0 Å². The minimum absolute atomic E-state index is 0.101. The molecule has 142 valence electrons. The molecule has 9 nitrogen and oxygen atoms in total. The van der Waals surface area contributed by atoms with Gasteiger partial charge in [-0.2, -0.15) is 5.10 Å².